The predicted molar refractivity (Wildman–Crippen MR) is 100.0 cm³/mol. The largest absolute Gasteiger partial charge is 0.478 e. The van der Waals surface area contributed by atoms with Crippen LogP contribution >= 0.6 is 0 Å². The van der Waals surface area contributed by atoms with Gasteiger partial charge < -0.3 is 20.0 Å². The summed E-state index contributed by atoms with van der Waals surface area (Å²) in [5.41, 5.74) is 1.34. The first-order valence-electron chi connectivity index (χ1n) is 8.35. The van der Waals surface area contributed by atoms with E-state index in [0.717, 1.165) is 6.42 Å². The van der Waals surface area contributed by atoms with E-state index in [9.17, 15) is 9.18 Å². The number of halogens is 1. The highest BCUT2D eigenvalue weighted by molar-refractivity contribution is 6.45. The highest BCUT2D eigenvalue weighted by atomic mass is 19.1. The molecule has 1 heterocycles. The van der Waals surface area contributed by atoms with E-state index in [1.54, 1.807) is 36.4 Å². The number of carbonyl (C=O) groups is 1. The number of pyridine rings is 1. The third kappa shape index (κ3) is 7.41. The van der Waals surface area contributed by atoms with Gasteiger partial charge >= 0.3 is 0 Å². The molecule has 0 spiro atoms. The van der Waals surface area contributed by atoms with Gasteiger partial charge in [-0.2, -0.15) is 9.37 Å². The first kappa shape index (κ1) is 22.0. The maximum Gasteiger partial charge on any atom is 0.273 e. The minimum absolute atomic E-state index is 0.148. The number of likely N-dealkylation sites (N-methyl/N-ethyl adjacent to an activating group) is 1. The number of nitrogens with one attached hydrogen (secondary N) is 1. The van der Waals surface area contributed by atoms with Crippen molar-refractivity contribution >= 4 is 11.6 Å². The first-order chi connectivity index (χ1) is 13.1. The van der Waals surface area contributed by atoms with Crippen molar-refractivity contribution in [2.24, 2.45) is 5.16 Å². The van der Waals surface area contributed by atoms with E-state index in [0.29, 0.717) is 23.6 Å². The van der Waals surface area contributed by atoms with Gasteiger partial charge in [0.1, 0.15) is 7.11 Å². The normalized spacial score (nSPS) is 10.5. The molecule has 2 N–H and O–H groups in total. The van der Waals surface area contributed by atoms with Gasteiger partial charge in [0.15, 0.2) is 5.71 Å². The third-order valence-electron chi connectivity index (χ3n) is 3.21. The van der Waals surface area contributed by atoms with Gasteiger partial charge in [-0.15, -0.1) is 0 Å². The number of benzene rings is 1. The molecule has 7 nitrogen and oxygen atoms in total. The van der Waals surface area contributed by atoms with Gasteiger partial charge in [-0.1, -0.05) is 42.4 Å². The zero-order chi connectivity index (χ0) is 20.1. The van der Waals surface area contributed by atoms with Crippen molar-refractivity contribution < 1.29 is 23.9 Å². The van der Waals surface area contributed by atoms with Crippen molar-refractivity contribution in [1.82, 2.24) is 10.3 Å². The van der Waals surface area contributed by atoms with Crippen LogP contribution in [-0.4, -0.2) is 42.5 Å². The van der Waals surface area contributed by atoms with Crippen LogP contribution in [0.4, 0.5) is 4.39 Å². The number of hydrogen-bond donors (Lipinski definition) is 2. The smallest absolute Gasteiger partial charge is 0.273 e. The molecule has 0 unspecified atom stereocenters. The van der Waals surface area contributed by atoms with E-state index in [-0.39, 0.29) is 18.2 Å². The number of aliphatic hydroxyl groups is 1. The topological polar surface area (TPSA) is 93.0 Å². The summed E-state index contributed by atoms with van der Waals surface area (Å²) in [5.74, 6) is -0.506. The lowest BCUT2D eigenvalue weighted by Crippen LogP contribution is -2.29. The Balaban J connectivity index is 0.000000289. The van der Waals surface area contributed by atoms with Crippen LogP contribution in [0.15, 0.2) is 47.6 Å². The van der Waals surface area contributed by atoms with Crippen molar-refractivity contribution in [1.29, 1.82) is 0 Å². The van der Waals surface area contributed by atoms with Gasteiger partial charge in [-0.25, -0.2) is 0 Å². The molecule has 146 valence electrons. The molecule has 8 heteroatoms. The molecule has 27 heavy (non-hydrogen) atoms. The highest BCUT2D eigenvalue weighted by Gasteiger charge is 2.16. The molecule has 0 aliphatic rings. The lowest BCUT2D eigenvalue weighted by Gasteiger charge is -2.08. The quantitative estimate of drug-likeness (QED) is 0.439. The van der Waals surface area contributed by atoms with Crippen molar-refractivity contribution in [2.75, 3.05) is 20.8 Å². The number of ether oxygens (including phenoxy) is 1. The number of aliphatic hydroxyl groups excluding tert-OH is 1. The van der Waals surface area contributed by atoms with Gasteiger partial charge in [0, 0.05) is 18.7 Å². The summed E-state index contributed by atoms with van der Waals surface area (Å²) in [4.78, 5) is 19.7. The minimum Gasteiger partial charge on any atom is -0.478 e. The molecule has 0 saturated carbocycles. The Labute approximate surface area is 157 Å². The second kappa shape index (κ2) is 12.4. The van der Waals surface area contributed by atoms with Crippen LogP contribution < -0.4 is 10.1 Å². The van der Waals surface area contributed by atoms with Crippen LogP contribution in [0.5, 0.6) is 5.88 Å². The molecule has 1 aromatic heterocycles. The fourth-order valence-corrected chi connectivity index (χ4v) is 1.99. The molecule has 0 radical (unpaired) electrons. The van der Waals surface area contributed by atoms with Crippen molar-refractivity contribution in [3.63, 3.8) is 0 Å². The second-order valence-electron chi connectivity index (χ2n) is 5.16. The van der Waals surface area contributed by atoms with E-state index in [2.05, 4.69) is 20.3 Å². The molecule has 2 rings (SSSR count). The molecule has 0 saturated heterocycles. The molecule has 0 bridgehead atoms. The fraction of sp³-hybridized carbons (Fsp3) is 0.316. The monoisotopic (exact) mass is 377 g/mol. The summed E-state index contributed by atoms with van der Waals surface area (Å²) in [6.07, 6.45) is 0.901. The first-order valence-corrected chi connectivity index (χ1v) is 8.35. The fourth-order valence-electron chi connectivity index (χ4n) is 1.99. The Morgan fingerprint density at radius 3 is 2.59 bits per heavy atom. The minimum atomic E-state index is -0.501. The van der Waals surface area contributed by atoms with E-state index in [1.807, 2.05) is 6.92 Å². The predicted octanol–water partition coefficient (Wildman–Crippen LogP) is 2.28. The number of rotatable bonds is 7. The number of carbonyl (C=O) groups excluding carboxylic acids is 1. The molecule has 0 aliphatic carbocycles. The average molecular weight is 377 g/mol. The van der Waals surface area contributed by atoms with E-state index in [1.165, 1.54) is 20.2 Å². The van der Waals surface area contributed by atoms with Crippen LogP contribution in [-0.2, 0) is 16.2 Å². The van der Waals surface area contributed by atoms with Crippen molar-refractivity contribution in [3.05, 3.63) is 59.5 Å². The van der Waals surface area contributed by atoms with Crippen LogP contribution in [0.25, 0.3) is 0 Å². The third-order valence-corrected chi connectivity index (χ3v) is 3.21. The maximum absolute atomic E-state index is 12.4. The Bertz CT molecular complexity index is 753. The molecule has 2 aromatic rings. The van der Waals surface area contributed by atoms with Crippen LogP contribution in [0.2, 0.25) is 0 Å². The molecule has 1 amide bonds. The molecule has 0 atom stereocenters. The lowest BCUT2D eigenvalue weighted by atomic mass is 10.0. The van der Waals surface area contributed by atoms with Gasteiger partial charge in [-0.3, -0.25) is 4.79 Å². The summed E-state index contributed by atoms with van der Waals surface area (Å²) in [5, 5.41) is 15.3. The Hall–Kier alpha value is -3.00. The van der Waals surface area contributed by atoms with E-state index in [4.69, 9.17) is 9.84 Å². The molecular formula is C19H24FN3O4. The number of nitrogens with zero attached hydrogens (tertiary/aromatic N) is 2. The number of amides is 1. The average Bonchev–Trinajstić information content (AvgIpc) is 2.70. The summed E-state index contributed by atoms with van der Waals surface area (Å²) in [7, 11) is 2.87. The van der Waals surface area contributed by atoms with Gasteiger partial charge in [0.05, 0.1) is 13.2 Å². The summed E-state index contributed by atoms with van der Waals surface area (Å²) >= 11 is 0. The summed E-state index contributed by atoms with van der Waals surface area (Å²) in [6, 6.07) is 11.5. The van der Waals surface area contributed by atoms with Crippen LogP contribution in [0.1, 0.15) is 24.5 Å². The zero-order valence-corrected chi connectivity index (χ0v) is 15.6. The molecule has 0 fully saturated rings. The Morgan fingerprint density at radius 2 is 2.00 bits per heavy atom. The zero-order valence-electron chi connectivity index (χ0n) is 15.6. The lowest BCUT2D eigenvalue weighted by molar-refractivity contribution is -0.114. The molecular weight excluding hydrogens is 353 g/mol. The Kier molecular flexibility index (Phi) is 10.1. The van der Waals surface area contributed by atoms with E-state index < -0.39 is 5.95 Å². The standard InChI is InChI=1S/C11H14N2O3.C8H10FNO/c1-12-11(15)10(13-16-2)9-6-4-3-5-8(9)7-14;1-2-6-11-8-5-3-4-7(9)10-8/h3-6,14H,7H2,1-2H3,(H,12,15);3-5H,2,6H2,1H3. The highest BCUT2D eigenvalue weighted by Crippen LogP contribution is 2.10. The number of oxime groups is 1. The summed E-state index contributed by atoms with van der Waals surface area (Å²) in [6.45, 7) is 2.41. The van der Waals surface area contributed by atoms with E-state index >= 15 is 0 Å². The van der Waals surface area contributed by atoms with Gasteiger partial charge in [-0.05, 0) is 18.1 Å². The number of aromatic nitrogens is 1. The van der Waals surface area contributed by atoms with Crippen molar-refractivity contribution in [2.45, 2.75) is 20.0 Å². The second-order valence-corrected chi connectivity index (χ2v) is 5.16. The van der Waals surface area contributed by atoms with Crippen LogP contribution in [0, 0.1) is 5.95 Å². The van der Waals surface area contributed by atoms with Gasteiger partial charge in [0.25, 0.3) is 5.91 Å². The SMILES string of the molecule is CCCOc1cccc(F)n1.CNC(=O)C(=NOC)c1ccccc1CO. The summed E-state index contributed by atoms with van der Waals surface area (Å²) < 4.78 is 17.5. The molecule has 0 aliphatic heterocycles. The van der Waals surface area contributed by atoms with Crippen molar-refractivity contribution in [3.8, 4) is 5.88 Å². The van der Waals surface area contributed by atoms with Crippen LogP contribution in [0.3, 0.4) is 0 Å². The van der Waals surface area contributed by atoms with Gasteiger partial charge in [0.2, 0.25) is 11.8 Å². The maximum atomic E-state index is 12.4. The Morgan fingerprint density at radius 1 is 1.26 bits per heavy atom. The molecule has 1 aromatic carbocycles. The number of hydrogen-bond acceptors (Lipinski definition) is 6.